The van der Waals surface area contributed by atoms with E-state index in [0.717, 1.165) is 29.7 Å². The predicted molar refractivity (Wildman–Crippen MR) is 58.2 cm³/mol. The van der Waals surface area contributed by atoms with Crippen LogP contribution >= 0.6 is 0 Å². The van der Waals surface area contributed by atoms with Gasteiger partial charge in [0, 0.05) is 22.4 Å². The Labute approximate surface area is 87.9 Å². The Kier molecular flexibility index (Phi) is 3.89. The van der Waals surface area contributed by atoms with Crippen LogP contribution in [0.2, 0.25) is 0 Å². The van der Waals surface area contributed by atoms with Gasteiger partial charge < -0.3 is 9.47 Å². The third-order valence-electron chi connectivity index (χ3n) is 2.53. The predicted octanol–water partition coefficient (Wildman–Crippen LogP) is 0.368. The topological polar surface area (TPSA) is 35.5 Å². The van der Waals surface area contributed by atoms with Gasteiger partial charge in [0.25, 0.3) is 0 Å². The molecule has 1 saturated heterocycles. The van der Waals surface area contributed by atoms with Gasteiger partial charge in [-0.05, 0) is 32.3 Å². The van der Waals surface area contributed by atoms with E-state index in [-0.39, 0.29) is 11.2 Å². The van der Waals surface area contributed by atoms with Crippen LogP contribution in [0.5, 0.6) is 0 Å². The molecule has 0 radical (unpaired) electrons. The molecular formula is C10H18O3Si. The number of hydrogen-bond acceptors (Lipinski definition) is 3. The molecule has 0 N–H and O–H groups in total. The summed E-state index contributed by atoms with van der Waals surface area (Å²) in [7, 11) is 2.32. The summed E-state index contributed by atoms with van der Waals surface area (Å²) in [4.78, 5) is 11.2. The second-order valence-corrected chi connectivity index (χ2v) is 5.63. The highest BCUT2D eigenvalue weighted by atomic mass is 28.1. The van der Waals surface area contributed by atoms with Crippen molar-refractivity contribution in [1.82, 2.24) is 0 Å². The molecule has 0 aromatic carbocycles. The van der Waals surface area contributed by atoms with Gasteiger partial charge in [-0.15, -0.1) is 0 Å². The quantitative estimate of drug-likeness (QED) is 0.378. The Morgan fingerprint density at radius 1 is 1.57 bits per heavy atom. The number of ether oxygens (including phenoxy) is 2. The molecule has 80 valence electrons. The maximum absolute atomic E-state index is 11.2. The second kappa shape index (κ2) is 4.75. The number of esters is 1. The highest BCUT2D eigenvalue weighted by Crippen LogP contribution is 2.24. The number of carbonyl (C=O) groups is 1. The highest BCUT2D eigenvalue weighted by molar-refractivity contribution is 6.16. The maximum atomic E-state index is 11.2. The second-order valence-electron chi connectivity index (χ2n) is 3.94. The molecule has 0 spiro atoms. The first-order valence-electron chi connectivity index (χ1n) is 4.99. The van der Waals surface area contributed by atoms with Crippen LogP contribution in [0.1, 0.15) is 26.2 Å². The van der Waals surface area contributed by atoms with E-state index < -0.39 is 0 Å². The average molecular weight is 214 g/mol. The number of carbonyl (C=O) groups excluding carboxylic acids is 1. The molecule has 1 aliphatic heterocycles. The summed E-state index contributed by atoms with van der Waals surface area (Å²) in [6, 6.07) is 0. The van der Waals surface area contributed by atoms with E-state index in [0.29, 0.717) is 5.57 Å². The Morgan fingerprint density at radius 2 is 2.29 bits per heavy atom. The molecule has 4 heteroatoms. The monoisotopic (exact) mass is 214 g/mol. The van der Waals surface area contributed by atoms with Gasteiger partial charge in [-0.3, -0.25) is 0 Å². The molecule has 0 aromatic rings. The smallest absolute Gasteiger partial charge is 0.333 e. The Bertz CT molecular complexity index is 242. The zero-order valence-corrected chi connectivity index (χ0v) is 11.1. The summed E-state index contributed by atoms with van der Waals surface area (Å²) < 4.78 is 10.4. The largest absolute Gasteiger partial charge is 0.466 e. The van der Waals surface area contributed by atoms with Crippen LogP contribution in [-0.2, 0) is 14.3 Å². The van der Waals surface area contributed by atoms with Crippen molar-refractivity contribution in [1.29, 1.82) is 0 Å². The fourth-order valence-electron chi connectivity index (χ4n) is 1.75. The van der Waals surface area contributed by atoms with E-state index in [1.165, 1.54) is 13.5 Å². The lowest BCUT2D eigenvalue weighted by molar-refractivity contribution is -0.136. The molecule has 1 heterocycles. The average Bonchev–Trinajstić information content (AvgIpc) is 2.17. The van der Waals surface area contributed by atoms with Crippen molar-refractivity contribution in [3.63, 3.8) is 0 Å². The van der Waals surface area contributed by atoms with E-state index in [4.69, 9.17) is 4.74 Å². The van der Waals surface area contributed by atoms with Crippen LogP contribution in [0.3, 0.4) is 0 Å². The first-order chi connectivity index (χ1) is 6.57. The zero-order valence-electron chi connectivity index (χ0n) is 9.13. The summed E-state index contributed by atoms with van der Waals surface area (Å²) in [6.45, 7) is 2.60. The lowest BCUT2D eigenvalue weighted by Gasteiger charge is -2.31. The molecule has 1 fully saturated rings. The molecule has 0 aliphatic carbocycles. The van der Waals surface area contributed by atoms with Gasteiger partial charge in [0.15, 0.2) is 0 Å². The van der Waals surface area contributed by atoms with Gasteiger partial charge in [0.2, 0.25) is 0 Å². The van der Waals surface area contributed by atoms with E-state index in [1.54, 1.807) is 6.92 Å². The van der Waals surface area contributed by atoms with Crippen molar-refractivity contribution in [3.8, 4) is 0 Å². The zero-order chi connectivity index (χ0) is 10.6. The van der Waals surface area contributed by atoms with Gasteiger partial charge in [0.1, 0.15) is 0 Å². The Morgan fingerprint density at radius 3 is 2.79 bits per heavy atom. The van der Waals surface area contributed by atoms with Gasteiger partial charge in [-0.2, -0.15) is 0 Å². The van der Waals surface area contributed by atoms with Gasteiger partial charge in [0.05, 0.1) is 12.3 Å². The van der Waals surface area contributed by atoms with Crippen LogP contribution in [0.25, 0.3) is 0 Å². The summed E-state index contributed by atoms with van der Waals surface area (Å²) >= 11 is 0. The number of hydrogen-bond donors (Lipinski definition) is 0. The molecule has 0 saturated carbocycles. The summed E-state index contributed by atoms with van der Waals surface area (Å²) in [5.74, 6) is -0.255. The molecular weight excluding hydrogens is 196 g/mol. The van der Waals surface area contributed by atoms with Crippen LogP contribution in [0, 0.1) is 0 Å². The van der Waals surface area contributed by atoms with Crippen molar-refractivity contribution in [2.75, 3.05) is 13.7 Å². The third-order valence-corrected chi connectivity index (χ3v) is 3.61. The summed E-state index contributed by atoms with van der Waals surface area (Å²) in [6.07, 6.45) is 5.29. The molecule has 0 aromatic heterocycles. The minimum atomic E-state index is -0.255. The number of methoxy groups -OCH3 is 1. The molecule has 1 unspecified atom stereocenters. The molecule has 3 nitrogen and oxygen atoms in total. The Balaban J connectivity index is 2.67. The normalized spacial score (nSPS) is 28.9. The first-order valence-corrected chi connectivity index (χ1v) is 5.99. The molecule has 1 atom stereocenters. The van der Waals surface area contributed by atoms with E-state index in [9.17, 15) is 4.79 Å². The molecule has 14 heavy (non-hydrogen) atoms. The highest BCUT2D eigenvalue weighted by Gasteiger charge is 2.26. The standard InChI is InChI=1S/C10H18O3Si/c1-8(9(11)12-2)7-10(14)5-3-4-6-13-10/h7H,3-6H2,1-2,14H3. The van der Waals surface area contributed by atoms with E-state index in [2.05, 4.69) is 4.74 Å². The fourth-order valence-corrected chi connectivity index (χ4v) is 2.74. The van der Waals surface area contributed by atoms with Crippen molar-refractivity contribution >= 4 is 16.2 Å². The Hall–Kier alpha value is -0.613. The minimum Gasteiger partial charge on any atom is -0.466 e. The van der Waals surface area contributed by atoms with Crippen LogP contribution in [0.15, 0.2) is 11.6 Å². The lowest BCUT2D eigenvalue weighted by atomic mass is 10.1. The van der Waals surface area contributed by atoms with Crippen molar-refractivity contribution in [2.45, 2.75) is 31.4 Å². The summed E-state index contributed by atoms with van der Waals surface area (Å²) in [5, 5.41) is -0.142. The fraction of sp³-hybridized carbons (Fsp3) is 0.700. The number of rotatable bonds is 2. The van der Waals surface area contributed by atoms with Gasteiger partial charge >= 0.3 is 5.97 Å². The SMILES string of the molecule is COC(=O)C(C)=CC1([SiH3])CCCCO1. The van der Waals surface area contributed by atoms with E-state index in [1.807, 2.05) is 6.08 Å². The molecule has 0 bridgehead atoms. The third kappa shape index (κ3) is 2.96. The van der Waals surface area contributed by atoms with E-state index >= 15 is 0 Å². The van der Waals surface area contributed by atoms with Crippen molar-refractivity contribution < 1.29 is 14.3 Å². The van der Waals surface area contributed by atoms with Crippen LogP contribution in [0.4, 0.5) is 0 Å². The molecule has 1 rings (SSSR count). The molecule has 1 aliphatic rings. The molecule has 0 amide bonds. The maximum Gasteiger partial charge on any atom is 0.333 e. The minimum absolute atomic E-state index is 0.142. The first kappa shape index (κ1) is 11.5. The van der Waals surface area contributed by atoms with Crippen LogP contribution < -0.4 is 0 Å². The van der Waals surface area contributed by atoms with Gasteiger partial charge in [-0.25, -0.2) is 4.79 Å². The summed E-state index contributed by atoms with van der Waals surface area (Å²) in [5.41, 5.74) is 0.657. The van der Waals surface area contributed by atoms with Crippen LogP contribution in [-0.4, -0.2) is 35.2 Å². The van der Waals surface area contributed by atoms with Crippen molar-refractivity contribution in [2.24, 2.45) is 0 Å². The lowest BCUT2D eigenvalue weighted by Crippen LogP contribution is -2.35. The van der Waals surface area contributed by atoms with Crippen molar-refractivity contribution in [3.05, 3.63) is 11.6 Å². The van der Waals surface area contributed by atoms with Gasteiger partial charge in [-0.1, -0.05) is 0 Å².